The second kappa shape index (κ2) is 25.0. The molecule has 2 aromatic carbocycles. The molecule has 16 nitrogen and oxygen atoms in total. The van der Waals surface area contributed by atoms with Crippen molar-refractivity contribution >= 4 is 51.2 Å². The summed E-state index contributed by atoms with van der Waals surface area (Å²) in [7, 11) is -1.11. The molecule has 17 heteroatoms. The molecule has 0 heterocycles. The van der Waals surface area contributed by atoms with Crippen molar-refractivity contribution in [2.75, 3.05) is 26.0 Å². The number of anilines is 1. The number of rotatable bonds is 24. The molecule has 0 aliphatic carbocycles. The predicted molar refractivity (Wildman–Crippen MR) is 256 cm³/mol. The number of amides is 6. The van der Waals surface area contributed by atoms with Gasteiger partial charge in [-0.3, -0.25) is 28.8 Å². The van der Waals surface area contributed by atoms with Crippen LogP contribution in [0.5, 0.6) is 0 Å². The Kier molecular flexibility index (Phi) is 21.5. The van der Waals surface area contributed by atoms with Gasteiger partial charge in [-0.1, -0.05) is 106 Å². The lowest BCUT2D eigenvalue weighted by Gasteiger charge is -2.40. The van der Waals surface area contributed by atoms with E-state index in [1.165, 1.54) is 42.2 Å². The monoisotopic (exact) mass is 925 g/mol. The van der Waals surface area contributed by atoms with Crippen molar-refractivity contribution in [2.45, 2.75) is 149 Å². The lowest BCUT2D eigenvalue weighted by molar-refractivity contribution is -0.141. The number of nitrogens with zero attached hydrogens (tertiary/aromatic N) is 1. The van der Waals surface area contributed by atoms with E-state index in [0.29, 0.717) is 25.8 Å². The molecule has 0 aromatic heterocycles. The summed E-state index contributed by atoms with van der Waals surface area (Å²) >= 11 is 0. The summed E-state index contributed by atoms with van der Waals surface area (Å²) in [6, 6.07) is 10.7. The van der Waals surface area contributed by atoms with Gasteiger partial charge < -0.3 is 37.2 Å². The first-order chi connectivity index (χ1) is 30.2. The Balaban J connectivity index is 2.26. The average Bonchev–Trinajstić information content (AvgIpc) is 3.22. The van der Waals surface area contributed by atoms with E-state index in [1.807, 2.05) is 85.7 Å². The molecule has 2 rings (SSSR count). The molecule has 5 atom stereocenters. The third kappa shape index (κ3) is 16.4. The molecule has 8 N–H and O–H groups in total. The minimum Gasteiger partial charge on any atom is -0.344 e. The molecule has 6 amide bonds. The number of likely N-dealkylation sites (N-methyl/N-ethyl adjacent to an activating group) is 2. The number of hydrogen-bond donors (Lipinski definition) is 7. The summed E-state index contributed by atoms with van der Waals surface area (Å²) < 4.78 is 29.0. The van der Waals surface area contributed by atoms with E-state index in [9.17, 15) is 37.2 Å². The molecule has 0 aliphatic heterocycles. The van der Waals surface area contributed by atoms with Crippen LogP contribution in [0.3, 0.4) is 0 Å². The number of carbonyl (C=O) groups excluding carboxylic acids is 6. The van der Waals surface area contributed by atoms with Gasteiger partial charge in [-0.2, -0.15) is 0 Å². The van der Waals surface area contributed by atoms with Gasteiger partial charge >= 0.3 is 0 Å². The molecule has 362 valence electrons. The van der Waals surface area contributed by atoms with Gasteiger partial charge in [0.15, 0.2) is 0 Å². The molecule has 2 unspecified atom stereocenters. The average molecular weight is 925 g/mol. The highest BCUT2D eigenvalue weighted by Crippen LogP contribution is 2.29. The second-order valence-corrected chi connectivity index (χ2v) is 20.7. The van der Waals surface area contributed by atoms with Gasteiger partial charge in [-0.25, -0.2) is 13.1 Å². The van der Waals surface area contributed by atoms with Gasteiger partial charge in [0, 0.05) is 30.1 Å². The minimum atomic E-state index is -4.40. The van der Waals surface area contributed by atoms with Crippen molar-refractivity contribution in [3.05, 3.63) is 71.8 Å². The number of sulfonamides is 1. The summed E-state index contributed by atoms with van der Waals surface area (Å²) in [4.78, 5) is 82.0. The Hall–Kier alpha value is -5.13. The van der Waals surface area contributed by atoms with Crippen LogP contribution in [0.25, 0.3) is 0 Å². The number of nitrogens with two attached hydrogens (primary N) is 1. The number of benzene rings is 2. The standard InChI is InChI=1S/C48H76N8O8S/c1-14-20-38(57)53-39(31(4)5)44(60)52-36(23-18-19-28-49)43(59)51-34-24-26-35(27-25-34)65(63,64)55-42(58)32(6)29-37(30(2)3)56(13)46(62)41(47(7,8)9)54-45(61)40(50-12)48(10,11)33-21-16-15-17-22-33/h15-17,21-22,24-27,29-31,36-37,39-41,50H,14,18-20,23,28,49H2,1-13H3,(H,51,59)(H,52,60)(H,53,57)(H,54,61)(H,55,58)/b32-29+/t36-,37+,39?,40+,41?/m0/s1. The lowest BCUT2D eigenvalue weighted by atomic mass is 9.76. The normalized spacial score (nSPS) is 14.7. The highest BCUT2D eigenvalue weighted by molar-refractivity contribution is 7.90. The highest BCUT2D eigenvalue weighted by Gasteiger charge is 2.42. The summed E-state index contributed by atoms with van der Waals surface area (Å²) in [5.41, 5.74) is 5.55. The van der Waals surface area contributed by atoms with E-state index in [2.05, 4.69) is 31.3 Å². The topological polar surface area (TPSA) is 238 Å². The summed E-state index contributed by atoms with van der Waals surface area (Å²) in [6.07, 6.45) is 3.84. The first-order valence-electron chi connectivity index (χ1n) is 22.5. The zero-order chi connectivity index (χ0) is 49.4. The smallest absolute Gasteiger partial charge is 0.264 e. The van der Waals surface area contributed by atoms with Crippen molar-refractivity contribution in [2.24, 2.45) is 23.0 Å². The van der Waals surface area contributed by atoms with Crippen LogP contribution in [-0.2, 0) is 44.2 Å². The van der Waals surface area contributed by atoms with Crippen LogP contribution in [0.1, 0.15) is 114 Å². The van der Waals surface area contributed by atoms with Crippen LogP contribution in [-0.4, -0.2) is 99.6 Å². The number of nitrogens with one attached hydrogen (secondary N) is 6. The molecular formula is C48H76N8O8S. The lowest BCUT2D eigenvalue weighted by Crippen LogP contribution is -2.61. The van der Waals surface area contributed by atoms with E-state index in [4.69, 9.17) is 5.73 Å². The first-order valence-corrected chi connectivity index (χ1v) is 24.0. The van der Waals surface area contributed by atoms with Crippen molar-refractivity contribution in [1.82, 2.24) is 30.9 Å². The van der Waals surface area contributed by atoms with Crippen molar-refractivity contribution in [3.63, 3.8) is 0 Å². The molecule has 0 radical (unpaired) electrons. The van der Waals surface area contributed by atoms with E-state index < -0.39 is 68.8 Å². The fourth-order valence-electron chi connectivity index (χ4n) is 7.40. The molecule has 0 bridgehead atoms. The quantitative estimate of drug-likeness (QED) is 0.0575. The Bertz CT molecular complexity index is 2070. The van der Waals surface area contributed by atoms with Crippen LogP contribution in [0.4, 0.5) is 5.69 Å². The number of carbonyl (C=O) groups is 6. The molecule has 65 heavy (non-hydrogen) atoms. The SMILES string of the molecule is CCCC(=O)NC(C(=O)N[C@@H](CCCCN)C(=O)Nc1ccc(S(=O)(=O)NC(=O)/C(C)=C/[C@H](C(C)C)N(C)C(=O)C(NC(=O)[C@@H](NC)C(C)(C)c2ccccc2)C(C)(C)C)cc1)C(C)C. The van der Waals surface area contributed by atoms with Gasteiger partial charge in [0.1, 0.15) is 18.1 Å². The molecule has 2 aromatic rings. The Morgan fingerprint density at radius 1 is 0.785 bits per heavy atom. The maximum Gasteiger partial charge on any atom is 0.264 e. The highest BCUT2D eigenvalue weighted by atomic mass is 32.2. The fourth-order valence-corrected chi connectivity index (χ4v) is 8.42. The molecule has 0 saturated heterocycles. The fraction of sp³-hybridized carbons (Fsp3) is 0.583. The van der Waals surface area contributed by atoms with Crippen LogP contribution in [0.2, 0.25) is 0 Å². The Morgan fingerprint density at radius 2 is 1.38 bits per heavy atom. The Morgan fingerprint density at radius 3 is 1.89 bits per heavy atom. The van der Waals surface area contributed by atoms with Gasteiger partial charge in [0.25, 0.3) is 15.9 Å². The zero-order valence-electron chi connectivity index (χ0n) is 40.8. The van der Waals surface area contributed by atoms with E-state index in [-0.39, 0.29) is 58.6 Å². The maximum atomic E-state index is 14.3. The third-order valence-electron chi connectivity index (χ3n) is 11.4. The van der Waals surface area contributed by atoms with Gasteiger partial charge in [-0.15, -0.1) is 0 Å². The van der Waals surface area contributed by atoms with Crippen molar-refractivity contribution in [3.8, 4) is 0 Å². The van der Waals surface area contributed by atoms with Gasteiger partial charge in [-0.05, 0) is 93.3 Å². The van der Waals surface area contributed by atoms with Crippen LogP contribution in [0.15, 0.2) is 71.1 Å². The minimum absolute atomic E-state index is 0.0411. The summed E-state index contributed by atoms with van der Waals surface area (Å²) in [5, 5.41) is 14.4. The summed E-state index contributed by atoms with van der Waals surface area (Å²) in [5.74, 6) is -3.43. The first kappa shape index (κ1) is 56.0. The zero-order valence-corrected chi connectivity index (χ0v) is 41.6. The maximum absolute atomic E-state index is 14.3. The second-order valence-electron chi connectivity index (χ2n) is 19.0. The molecule has 0 spiro atoms. The van der Waals surface area contributed by atoms with Crippen molar-refractivity contribution in [1.29, 1.82) is 0 Å². The third-order valence-corrected chi connectivity index (χ3v) is 12.8. The number of hydrogen-bond acceptors (Lipinski definition) is 10. The Labute approximate surface area is 387 Å². The van der Waals surface area contributed by atoms with Crippen LogP contribution < -0.4 is 37.0 Å². The molecule has 0 saturated carbocycles. The van der Waals surface area contributed by atoms with Gasteiger partial charge in [0.05, 0.1) is 17.0 Å². The molecule has 0 aliphatic rings. The van der Waals surface area contributed by atoms with E-state index in [0.717, 1.165) is 5.56 Å². The van der Waals surface area contributed by atoms with Crippen molar-refractivity contribution < 1.29 is 37.2 Å². The van der Waals surface area contributed by atoms with Crippen LogP contribution in [0, 0.1) is 17.3 Å². The predicted octanol–water partition coefficient (Wildman–Crippen LogP) is 4.51. The summed E-state index contributed by atoms with van der Waals surface area (Å²) in [6.45, 7) is 20.5. The van der Waals surface area contributed by atoms with E-state index >= 15 is 0 Å². The van der Waals surface area contributed by atoms with Gasteiger partial charge in [0.2, 0.25) is 29.5 Å². The largest absolute Gasteiger partial charge is 0.344 e. The van der Waals surface area contributed by atoms with Crippen LogP contribution >= 0.6 is 0 Å². The number of unbranched alkanes of at least 4 members (excludes halogenated alkanes) is 1. The molecular weight excluding hydrogens is 849 g/mol. The molecule has 0 fully saturated rings. The van der Waals surface area contributed by atoms with E-state index in [1.54, 1.807) is 27.9 Å².